The molecule has 0 radical (unpaired) electrons. The molecule has 108 valence electrons. The second-order valence-electron chi connectivity index (χ2n) is 4.34. The highest BCUT2D eigenvalue weighted by atomic mass is 35.5. The lowest BCUT2D eigenvalue weighted by molar-refractivity contribution is -0.137. The number of alkyl halides is 3. The van der Waals surface area contributed by atoms with Gasteiger partial charge in [-0.05, 0) is 24.1 Å². The molecule has 0 spiro atoms. The van der Waals surface area contributed by atoms with Crippen LogP contribution in [0.4, 0.5) is 18.9 Å². The van der Waals surface area contributed by atoms with Gasteiger partial charge < -0.3 is 11.1 Å². The van der Waals surface area contributed by atoms with Crippen LogP contribution >= 0.6 is 12.4 Å². The number of nitrogens with one attached hydrogen (secondary N) is 1. The molecule has 0 aliphatic rings. The number of hydrogen-bond donors (Lipinski definition) is 2. The minimum absolute atomic E-state index is 0. The van der Waals surface area contributed by atoms with Gasteiger partial charge in [0.05, 0.1) is 11.6 Å². The number of amides is 1. The molecule has 1 amide bonds. The Labute approximate surface area is 115 Å². The maximum Gasteiger partial charge on any atom is 0.416 e. The van der Waals surface area contributed by atoms with Gasteiger partial charge in [-0.3, -0.25) is 4.79 Å². The third kappa shape index (κ3) is 5.08. The fourth-order valence-corrected chi connectivity index (χ4v) is 1.30. The topological polar surface area (TPSA) is 55.1 Å². The fraction of sp³-hybridized carbons (Fsp3) is 0.417. The highest BCUT2D eigenvalue weighted by Gasteiger charge is 2.30. The second-order valence-corrected chi connectivity index (χ2v) is 4.34. The summed E-state index contributed by atoms with van der Waals surface area (Å²) in [7, 11) is 0. The van der Waals surface area contributed by atoms with E-state index in [0.29, 0.717) is 0 Å². The molecule has 3 nitrogen and oxygen atoms in total. The van der Waals surface area contributed by atoms with Crippen molar-refractivity contribution < 1.29 is 18.0 Å². The number of carbonyl (C=O) groups excluding carboxylic acids is 1. The van der Waals surface area contributed by atoms with Crippen molar-refractivity contribution in [3.8, 4) is 0 Å². The molecule has 0 aliphatic heterocycles. The van der Waals surface area contributed by atoms with Gasteiger partial charge in [0.25, 0.3) is 0 Å². The van der Waals surface area contributed by atoms with Crippen LogP contribution in [0.15, 0.2) is 24.3 Å². The zero-order valence-corrected chi connectivity index (χ0v) is 11.3. The summed E-state index contributed by atoms with van der Waals surface area (Å²) in [6.07, 6.45) is -4.43. The first-order valence-electron chi connectivity index (χ1n) is 5.45. The van der Waals surface area contributed by atoms with Crippen LogP contribution < -0.4 is 11.1 Å². The monoisotopic (exact) mass is 296 g/mol. The van der Waals surface area contributed by atoms with E-state index in [2.05, 4.69) is 5.32 Å². The van der Waals surface area contributed by atoms with Gasteiger partial charge in [-0.25, -0.2) is 0 Å². The van der Waals surface area contributed by atoms with E-state index in [1.54, 1.807) is 13.8 Å². The van der Waals surface area contributed by atoms with E-state index in [1.165, 1.54) is 12.1 Å². The largest absolute Gasteiger partial charge is 0.416 e. The van der Waals surface area contributed by atoms with Gasteiger partial charge in [0.2, 0.25) is 5.91 Å². The Morgan fingerprint density at radius 1 is 1.32 bits per heavy atom. The molecule has 1 rings (SSSR count). The summed E-state index contributed by atoms with van der Waals surface area (Å²) in [6.45, 7) is 3.52. The lowest BCUT2D eigenvalue weighted by Gasteiger charge is -2.16. The summed E-state index contributed by atoms with van der Waals surface area (Å²) in [5.74, 6) is -0.583. The van der Waals surface area contributed by atoms with Crippen molar-refractivity contribution in [2.75, 3.05) is 5.32 Å². The van der Waals surface area contributed by atoms with E-state index in [-0.39, 0.29) is 24.0 Å². The first-order chi connectivity index (χ1) is 8.21. The van der Waals surface area contributed by atoms with Gasteiger partial charge in [0.15, 0.2) is 0 Å². The molecule has 0 aliphatic carbocycles. The fourth-order valence-electron chi connectivity index (χ4n) is 1.30. The number of nitrogens with two attached hydrogens (primary N) is 1. The van der Waals surface area contributed by atoms with Gasteiger partial charge in [-0.2, -0.15) is 13.2 Å². The Hall–Kier alpha value is -1.27. The molecule has 0 aromatic heterocycles. The molecule has 19 heavy (non-hydrogen) atoms. The maximum atomic E-state index is 12.5. The van der Waals surface area contributed by atoms with Gasteiger partial charge in [0, 0.05) is 5.69 Å². The Morgan fingerprint density at radius 2 is 1.89 bits per heavy atom. The molecule has 1 atom stereocenters. The Morgan fingerprint density at radius 3 is 2.37 bits per heavy atom. The van der Waals surface area contributed by atoms with Crippen LogP contribution in [0, 0.1) is 5.92 Å². The van der Waals surface area contributed by atoms with Crippen LogP contribution in [-0.2, 0) is 11.0 Å². The molecule has 1 aromatic carbocycles. The molecule has 0 saturated heterocycles. The van der Waals surface area contributed by atoms with E-state index in [1.807, 2.05) is 0 Å². The summed E-state index contributed by atoms with van der Waals surface area (Å²) in [5.41, 5.74) is 4.88. The Bertz CT molecular complexity index is 435. The van der Waals surface area contributed by atoms with E-state index < -0.39 is 23.7 Å². The van der Waals surface area contributed by atoms with Gasteiger partial charge in [-0.15, -0.1) is 12.4 Å². The number of benzene rings is 1. The zero-order valence-electron chi connectivity index (χ0n) is 10.5. The van der Waals surface area contributed by atoms with Crippen molar-refractivity contribution in [2.45, 2.75) is 26.1 Å². The molecule has 1 aromatic rings. The first kappa shape index (κ1) is 17.7. The van der Waals surface area contributed by atoms with Crippen molar-refractivity contribution in [1.82, 2.24) is 0 Å². The van der Waals surface area contributed by atoms with Crippen LogP contribution in [0.1, 0.15) is 19.4 Å². The minimum atomic E-state index is -4.43. The Balaban J connectivity index is 0.00000324. The first-order valence-corrected chi connectivity index (χ1v) is 5.45. The van der Waals surface area contributed by atoms with Crippen molar-refractivity contribution >= 4 is 24.0 Å². The van der Waals surface area contributed by atoms with Crippen LogP contribution in [0.3, 0.4) is 0 Å². The van der Waals surface area contributed by atoms with Crippen LogP contribution in [0.25, 0.3) is 0 Å². The summed E-state index contributed by atoms with van der Waals surface area (Å²) in [4.78, 5) is 11.6. The lowest BCUT2D eigenvalue weighted by Crippen LogP contribution is -2.39. The highest BCUT2D eigenvalue weighted by molar-refractivity contribution is 5.94. The van der Waals surface area contributed by atoms with E-state index in [4.69, 9.17) is 5.73 Å². The molecular formula is C12H16ClF3N2O. The summed E-state index contributed by atoms with van der Waals surface area (Å²) in [6, 6.07) is 3.70. The standard InChI is InChI=1S/C12H15F3N2O.ClH/c1-7(2)10(16)11(18)17-9-5-3-4-8(6-9)12(13,14)15;/h3-7,10H,16H2,1-2H3,(H,17,18);1H/t10-;/m1./s1. The average molecular weight is 297 g/mol. The number of anilines is 1. The van der Waals surface area contributed by atoms with Crippen molar-refractivity contribution in [3.63, 3.8) is 0 Å². The van der Waals surface area contributed by atoms with Crippen molar-refractivity contribution in [2.24, 2.45) is 11.7 Å². The van der Waals surface area contributed by atoms with Crippen LogP contribution in [-0.4, -0.2) is 11.9 Å². The zero-order chi connectivity index (χ0) is 13.9. The molecular weight excluding hydrogens is 281 g/mol. The van der Waals surface area contributed by atoms with Gasteiger partial charge in [0.1, 0.15) is 0 Å². The predicted molar refractivity (Wildman–Crippen MR) is 70.1 cm³/mol. The van der Waals surface area contributed by atoms with Crippen LogP contribution in [0.2, 0.25) is 0 Å². The second kappa shape index (κ2) is 6.77. The molecule has 0 unspecified atom stereocenters. The minimum Gasteiger partial charge on any atom is -0.325 e. The van der Waals surface area contributed by atoms with E-state index >= 15 is 0 Å². The Kier molecular flexibility index (Phi) is 6.32. The van der Waals surface area contributed by atoms with E-state index in [9.17, 15) is 18.0 Å². The number of hydrogen-bond acceptors (Lipinski definition) is 2. The molecule has 0 bridgehead atoms. The number of halogens is 4. The summed E-state index contributed by atoms with van der Waals surface area (Å²) < 4.78 is 37.4. The third-order valence-electron chi connectivity index (χ3n) is 2.48. The quantitative estimate of drug-likeness (QED) is 0.901. The molecule has 0 saturated carbocycles. The highest BCUT2D eigenvalue weighted by Crippen LogP contribution is 2.30. The van der Waals surface area contributed by atoms with Gasteiger partial charge >= 0.3 is 6.18 Å². The van der Waals surface area contributed by atoms with E-state index in [0.717, 1.165) is 12.1 Å². The summed E-state index contributed by atoms with van der Waals surface area (Å²) >= 11 is 0. The third-order valence-corrected chi connectivity index (χ3v) is 2.48. The lowest BCUT2D eigenvalue weighted by atomic mass is 10.0. The average Bonchev–Trinajstić information content (AvgIpc) is 2.27. The molecule has 7 heteroatoms. The number of carbonyl (C=O) groups is 1. The molecule has 0 fully saturated rings. The smallest absolute Gasteiger partial charge is 0.325 e. The van der Waals surface area contributed by atoms with Crippen LogP contribution in [0.5, 0.6) is 0 Å². The predicted octanol–water partition coefficient (Wildman–Crippen LogP) is 3.05. The normalized spacial score (nSPS) is 12.8. The molecule has 0 heterocycles. The molecule has 3 N–H and O–H groups in total. The summed E-state index contributed by atoms with van der Waals surface area (Å²) in [5, 5.41) is 2.37. The van der Waals surface area contributed by atoms with Crippen molar-refractivity contribution in [3.05, 3.63) is 29.8 Å². The SMILES string of the molecule is CC(C)[C@@H](N)C(=O)Nc1cccc(C(F)(F)F)c1.Cl. The van der Waals surface area contributed by atoms with Crippen molar-refractivity contribution in [1.29, 1.82) is 0 Å². The number of rotatable bonds is 3. The van der Waals surface area contributed by atoms with Gasteiger partial charge in [-0.1, -0.05) is 19.9 Å². The maximum absolute atomic E-state index is 12.5.